The maximum atomic E-state index is 11.6. The van der Waals surface area contributed by atoms with Gasteiger partial charge in [0.25, 0.3) is 0 Å². The molecule has 0 N–H and O–H groups in total. The normalized spacial score (nSPS) is 14.9. The molecule has 4 heteroatoms. The Morgan fingerprint density at radius 1 is 1.05 bits per heavy atom. The first-order chi connectivity index (χ1) is 10.0. The molecule has 0 saturated carbocycles. The van der Waals surface area contributed by atoms with Gasteiger partial charge >= 0.3 is 11.9 Å². The van der Waals surface area contributed by atoms with E-state index in [2.05, 4.69) is 20.8 Å². The van der Waals surface area contributed by atoms with Crippen molar-refractivity contribution < 1.29 is 19.1 Å². The molecular formula is C18H32O4. The molecule has 0 heterocycles. The molecule has 0 rings (SSSR count). The lowest BCUT2D eigenvalue weighted by Crippen LogP contribution is -2.22. The van der Waals surface area contributed by atoms with Gasteiger partial charge in [-0.1, -0.05) is 48.5 Å². The molecule has 0 bridgehead atoms. The molecule has 0 amide bonds. The monoisotopic (exact) mass is 312 g/mol. The fourth-order valence-corrected chi connectivity index (χ4v) is 2.39. The molecule has 0 saturated heterocycles. The maximum Gasteiger partial charge on any atom is 0.331 e. The molecule has 0 aromatic heterocycles. The van der Waals surface area contributed by atoms with Crippen LogP contribution in [0.4, 0.5) is 0 Å². The highest BCUT2D eigenvalue weighted by atomic mass is 16.5. The van der Waals surface area contributed by atoms with Crippen molar-refractivity contribution in [3.05, 3.63) is 12.2 Å². The van der Waals surface area contributed by atoms with Crippen LogP contribution in [0.15, 0.2) is 12.2 Å². The topological polar surface area (TPSA) is 52.6 Å². The first-order valence-corrected chi connectivity index (χ1v) is 8.10. The molecule has 0 aromatic carbocycles. The summed E-state index contributed by atoms with van der Waals surface area (Å²) in [6, 6.07) is 0. The lowest BCUT2D eigenvalue weighted by Gasteiger charge is -2.22. The summed E-state index contributed by atoms with van der Waals surface area (Å²) in [4.78, 5) is 23.2. The smallest absolute Gasteiger partial charge is 0.331 e. The van der Waals surface area contributed by atoms with Crippen LogP contribution in [0.25, 0.3) is 0 Å². The molecule has 0 spiro atoms. The van der Waals surface area contributed by atoms with Gasteiger partial charge in [0, 0.05) is 12.2 Å². The van der Waals surface area contributed by atoms with Gasteiger partial charge in [0.1, 0.15) is 6.10 Å². The van der Waals surface area contributed by atoms with Crippen LogP contribution in [0, 0.1) is 17.3 Å². The van der Waals surface area contributed by atoms with Crippen molar-refractivity contribution in [3.8, 4) is 0 Å². The minimum absolute atomic E-state index is 0.125. The van der Waals surface area contributed by atoms with E-state index in [1.54, 1.807) is 0 Å². The third-order valence-electron chi connectivity index (χ3n) is 3.24. The van der Waals surface area contributed by atoms with E-state index in [1.165, 1.54) is 0 Å². The van der Waals surface area contributed by atoms with Gasteiger partial charge in [-0.2, -0.15) is 0 Å². The summed E-state index contributed by atoms with van der Waals surface area (Å²) in [6.45, 7) is 14.8. The van der Waals surface area contributed by atoms with Crippen LogP contribution in [-0.4, -0.2) is 24.6 Å². The van der Waals surface area contributed by atoms with Gasteiger partial charge in [-0.15, -0.1) is 0 Å². The summed E-state index contributed by atoms with van der Waals surface area (Å²) < 4.78 is 10.4. The molecule has 0 fully saturated rings. The molecular weight excluding hydrogens is 280 g/mol. The highest BCUT2D eigenvalue weighted by Gasteiger charge is 2.17. The Kier molecular flexibility index (Phi) is 9.07. The van der Waals surface area contributed by atoms with Gasteiger partial charge in [-0.3, -0.25) is 0 Å². The average Bonchev–Trinajstić information content (AvgIpc) is 2.37. The number of rotatable bonds is 8. The number of carbonyl (C=O) groups excluding carboxylic acids is 2. The zero-order valence-corrected chi connectivity index (χ0v) is 15.1. The number of carbonyl (C=O) groups is 2. The van der Waals surface area contributed by atoms with Crippen molar-refractivity contribution in [2.45, 2.75) is 67.4 Å². The largest absolute Gasteiger partial charge is 0.462 e. The third kappa shape index (κ3) is 10.4. The lowest BCUT2D eigenvalue weighted by molar-refractivity contribution is -0.146. The van der Waals surface area contributed by atoms with E-state index in [4.69, 9.17) is 9.47 Å². The highest BCUT2D eigenvalue weighted by Crippen LogP contribution is 2.24. The average molecular weight is 312 g/mol. The summed E-state index contributed by atoms with van der Waals surface area (Å²) in [7, 11) is 0. The fourth-order valence-electron chi connectivity index (χ4n) is 2.39. The Hall–Kier alpha value is -1.32. The molecule has 0 aliphatic heterocycles. The summed E-state index contributed by atoms with van der Waals surface area (Å²) in [5, 5.41) is 0. The van der Waals surface area contributed by atoms with Crippen LogP contribution in [-0.2, 0) is 19.1 Å². The summed E-state index contributed by atoms with van der Waals surface area (Å²) in [5.41, 5.74) is 0.206. The first-order valence-electron chi connectivity index (χ1n) is 8.10. The molecule has 4 nitrogen and oxygen atoms in total. The SMILES string of the molecule is CCC(OC(=O)/C=C/C(=O)OCC(C)CC(C)(C)C)C(C)C. The predicted molar refractivity (Wildman–Crippen MR) is 88.3 cm³/mol. The first kappa shape index (κ1) is 20.7. The Labute approximate surface area is 135 Å². The fraction of sp³-hybridized carbons (Fsp3) is 0.778. The molecule has 0 aliphatic carbocycles. The minimum Gasteiger partial charge on any atom is -0.462 e. The molecule has 0 aromatic rings. The number of hydrogen-bond donors (Lipinski definition) is 0. The molecule has 22 heavy (non-hydrogen) atoms. The summed E-state index contributed by atoms with van der Waals surface area (Å²) >= 11 is 0. The van der Waals surface area contributed by atoms with Crippen molar-refractivity contribution >= 4 is 11.9 Å². The molecule has 0 radical (unpaired) electrons. The third-order valence-corrected chi connectivity index (χ3v) is 3.24. The van der Waals surface area contributed by atoms with Crippen LogP contribution in [0.2, 0.25) is 0 Å². The van der Waals surface area contributed by atoms with Gasteiger partial charge in [0.15, 0.2) is 0 Å². The van der Waals surface area contributed by atoms with Crippen LogP contribution < -0.4 is 0 Å². The van der Waals surface area contributed by atoms with Crippen LogP contribution in [0.5, 0.6) is 0 Å². The van der Waals surface area contributed by atoms with E-state index in [0.717, 1.165) is 25.0 Å². The Morgan fingerprint density at radius 2 is 1.59 bits per heavy atom. The van der Waals surface area contributed by atoms with Crippen molar-refractivity contribution in [3.63, 3.8) is 0 Å². The zero-order chi connectivity index (χ0) is 17.3. The quantitative estimate of drug-likeness (QED) is 0.499. The van der Waals surface area contributed by atoms with E-state index < -0.39 is 11.9 Å². The van der Waals surface area contributed by atoms with Gasteiger partial charge in [0.2, 0.25) is 0 Å². The van der Waals surface area contributed by atoms with E-state index in [9.17, 15) is 9.59 Å². The van der Waals surface area contributed by atoms with Crippen LogP contribution in [0.3, 0.4) is 0 Å². The van der Waals surface area contributed by atoms with Gasteiger partial charge in [-0.25, -0.2) is 9.59 Å². The van der Waals surface area contributed by atoms with Crippen molar-refractivity contribution in [1.29, 1.82) is 0 Å². The number of esters is 2. The zero-order valence-electron chi connectivity index (χ0n) is 15.1. The van der Waals surface area contributed by atoms with Crippen LogP contribution >= 0.6 is 0 Å². The number of hydrogen-bond acceptors (Lipinski definition) is 4. The molecule has 2 unspecified atom stereocenters. The van der Waals surface area contributed by atoms with Crippen molar-refractivity contribution in [2.75, 3.05) is 6.61 Å². The highest BCUT2D eigenvalue weighted by molar-refractivity contribution is 5.91. The van der Waals surface area contributed by atoms with E-state index in [1.807, 2.05) is 27.7 Å². The minimum atomic E-state index is -0.504. The van der Waals surface area contributed by atoms with Gasteiger partial charge in [-0.05, 0) is 30.1 Å². The van der Waals surface area contributed by atoms with E-state index in [0.29, 0.717) is 6.61 Å². The second-order valence-corrected chi connectivity index (χ2v) is 7.46. The second kappa shape index (κ2) is 9.65. The van der Waals surface area contributed by atoms with E-state index in [-0.39, 0.29) is 23.4 Å². The Bertz CT molecular complexity index is 377. The van der Waals surface area contributed by atoms with Crippen molar-refractivity contribution in [2.24, 2.45) is 17.3 Å². The van der Waals surface area contributed by atoms with Gasteiger partial charge in [0.05, 0.1) is 6.61 Å². The Morgan fingerprint density at radius 3 is 2.05 bits per heavy atom. The Balaban J connectivity index is 4.17. The standard InChI is InChI=1S/C18H32O4/c1-8-15(13(2)3)22-17(20)10-9-16(19)21-12-14(4)11-18(5,6)7/h9-10,13-15H,8,11-12H2,1-7H3/b10-9+. The van der Waals surface area contributed by atoms with Crippen LogP contribution in [0.1, 0.15) is 61.3 Å². The van der Waals surface area contributed by atoms with Crippen molar-refractivity contribution in [1.82, 2.24) is 0 Å². The second-order valence-electron chi connectivity index (χ2n) is 7.46. The molecule has 2 atom stereocenters. The van der Waals surface area contributed by atoms with E-state index >= 15 is 0 Å². The summed E-state index contributed by atoms with van der Waals surface area (Å²) in [6.07, 6.45) is 3.88. The molecule has 0 aliphatic rings. The maximum absolute atomic E-state index is 11.6. The van der Waals surface area contributed by atoms with Gasteiger partial charge < -0.3 is 9.47 Å². The number of ether oxygens (including phenoxy) is 2. The summed E-state index contributed by atoms with van der Waals surface area (Å²) in [5.74, 6) is -0.460. The molecule has 128 valence electrons. The predicted octanol–water partition coefficient (Wildman–Crippen LogP) is 4.14. The lowest BCUT2D eigenvalue weighted by atomic mass is 9.86.